The van der Waals surface area contributed by atoms with Gasteiger partial charge < -0.3 is 10.6 Å². The zero-order valence-corrected chi connectivity index (χ0v) is 17.4. The van der Waals surface area contributed by atoms with Gasteiger partial charge in [0.15, 0.2) is 0 Å². The second-order valence-electron chi connectivity index (χ2n) is 8.01. The first-order valence-corrected chi connectivity index (χ1v) is 10.1. The minimum atomic E-state index is -0.171. The summed E-state index contributed by atoms with van der Waals surface area (Å²) in [6.45, 7) is 10.6. The summed E-state index contributed by atoms with van der Waals surface area (Å²) in [4.78, 5) is 12.9. The van der Waals surface area contributed by atoms with E-state index < -0.39 is 0 Å². The predicted molar refractivity (Wildman–Crippen MR) is 119 cm³/mol. The third-order valence-electron chi connectivity index (χ3n) is 5.25. The first-order valence-electron chi connectivity index (χ1n) is 10.1. The van der Waals surface area contributed by atoms with E-state index >= 15 is 0 Å². The number of nitrogens with one attached hydrogen (secondary N) is 2. The van der Waals surface area contributed by atoms with Crippen molar-refractivity contribution in [3.05, 3.63) is 77.4 Å². The van der Waals surface area contributed by atoms with Crippen molar-refractivity contribution in [3.8, 4) is 0 Å². The van der Waals surface area contributed by atoms with Gasteiger partial charge in [-0.3, -0.25) is 0 Å². The Morgan fingerprint density at radius 2 is 1.25 bits per heavy atom. The van der Waals surface area contributed by atoms with Crippen LogP contribution in [0.5, 0.6) is 0 Å². The summed E-state index contributed by atoms with van der Waals surface area (Å²) in [5.74, 6) is 0.675. The summed E-state index contributed by atoms with van der Waals surface area (Å²) in [5, 5.41) is 8.61. The Morgan fingerprint density at radius 1 is 0.714 bits per heavy atom. The lowest BCUT2D eigenvalue weighted by molar-refractivity contribution is 0.249. The highest BCUT2D eigenvalue weighted by atomic mass is 16.2. The largest absolute Gasteiger partial charge is 0.331 e. The van der Waals surface area contributed by atoms with Gasteiger partial charge in [0, 0.05) is 5.69 Å². The molecule has 3 aromatic rings. The molecule has 0 saturated carbocycles. The summed E-state index contributed by atoms with van der Waals surface area (Å²) in [7, 11) is 0. The van der Waals surface area contributed by atoms with Crippen molar-refractivity contribution in [2.45, 2.75) is 52.5 Å². The van der Waals surface area contributed by atoms with Gasteiger partial charge in [0.2, 0.25) is 0 Å². The second-order valence-corrected chi connectivity index (χ2v) is 8.01. The van der Waals surface area contributed by atoms with Gasteiger partial charge in [-0.1, -0.05) is 88.4 Å². The summed E-state index contributed by atoms with van der Waals surface area (Å²) in [5.41, 5.74) is 4.39. The lowest BCUT2D eigenvalue weighted by Crippen LogP contribution is -2.32. The molecule has 3 nitrogen and oxygen atoms in total. The Balaban J connectivity index is 1.84. The van der Waals surface area contributed by atoms with Crippen LogP contribution in [0.25, 0.3) is 10.8 Å². The number of carbonyl (C=O) groups is 1. The number of amides is 2. The first kappa shape index (κ1) is 19.9. The van der Waals surface area contributed by atoms with Crippen LogP contribution < -0.4 is 10.6 Å². The molecular formula is C25H30N2O. The molecule has 0 aliphatic carbocycles. The fourth-order valence-electron chi connectivity index (χ4n) is 3.75. The zero-order valence-electron chi connectivity index (χ0n) is 17.4. The van der Waals surface area contributed by atoms with Gasteiger partial charge in [0.1, 0.15) is 0 Å². The summed E-state index contributed by atoms with van der Waals surface area (Å²) in [6.07, 6.45) is 0. The summed E-state index contributed by atoms with van der Waals surface area (Å²) >= 11 is 0. The van der Waals surface area contributed by atoms with E-state index in [0.717, 1.165) is 11.3 Å². The van der Waals surface area contributed by atoms with Gasteiger partial charge in [-0.15, -0.1) is 0 Å². The highest BCUT2D eigenvalue weighted by molar-refractivity contribution is 5.92. The lowest BCUT2D eigenvalue weighted by atomic mass is 9.93. The predicted octanol–water partition coefficient (Wildman–Crippen LogP) is 6.97. The van der Waals surface area contributed by atoms with Crippen molar-refractivity contribution in [3.63, 3.8) is 0 Å². The number of hydrogen-bond donors (Lipinski definition) is 2. The van der Waals surface area contributed by atoms with Gasteiger partial charge in [0.25, 0.3) is 0 Å². The molecule has 0 aliphatic rings. The molecule has 2 N–H and O–H groups in total. The van der Waals surface area contributed by atoms with E-state index in [0.29, 0.717) is 11.8 Å². The zero-order chi connectivity index (χ0) is 20.3. The van der Waals surface area contributed by atoms with Crippen molar-refractivity contribution < 1.29 is 4.79 Å². The third kappa shape index (κ3) is 4.19. The molecule has 28 heavy (non-hydrogen) atoms. The average molecular weight is 375 g/mol. The Labute approximate surface area is 168 Å². The average Bonchev–Trinajstić information content (AvgIpc) is 2.67. The molecule has 0 bridgehead atoms. The number of anilines is 1. The van der Waals surface area contributed by atoms with E-state index in [4.69, 9.17) is 0 Å². The quantitative estimate of drug-likeness (QED) is 0.497. The molecule has 0 fully saturated rings. The number of para-hydroxylation sites is 1. The Bertz CT molecular complexity index is 944. The van der Waals surface area contributed by atoms with Gasteiger partial charge >= 0.3 is 6.03 Å². The van der Waals surface area contributed by atoms with Crippen molar-refractivity contribution in [2.75, 3.05) is 5.32 Å². The molecule has 0 unspecified atom stereocenters. The van der Waals surface area contributed by atoms with Gasteiger partial charge in [-0.25, -0.2) is 4.79 Å². The number of rotatable bonds is 5. The smallest absolute Gasteiger partial charge is 0.319 e. The Morgan fingerprint density at radius 3 is 1.89 bits per heavy atom. The van der Waals surface area contributed by atoms with E-state index in [1.165, 1.54) is 21.9 Å². The van der Waals surface area contributed by atoms with E-state index in [9.17, 15) is 4.79 Å². The molecule has 2 amide bonds. The van der Waals surface area contributed by atoms with Crippen LogP contribution in [0, 0.1) is 0 Å². The number of fused-ring (bicyclic) bond motifs is 1. The maximum Gasteiger partial charge on any atom is 0.319 e. The summed E-state index contributed by atoms with van der Waals surface area (Å²) < 4.78 is 0. The molecule has 0 spiro atoms. The van der Waals surface area contributed by atoms with Crippen molar-refractivity contribution in [2.24, 2.45) is 0 Å². The monoisotopic (exact) mass is 374 g/mol. The van der Waals surface area contributed by atoms with Crippen molar-refractivity contribution in [1.82, 2.24) is 5.32 Å². The second kappa shape index (κ2) is 8.47. The standard InChI is InChI=1S/C25H30N2O/c1-16(2)20-13-9-14-21(17(3)4)24(20)27-25(28)26-18(5)22-15-8-11-19-10-6-7-12-23(19)22/h6-18H,1-5H3,(H2,26,27,28)/t18-/m0/s1. The number of hydrogen-bond acceptors (Lipinski definition) is 1. The SMILES string of the molecule is CC(C)c1cccc(C(C)C)c1NC(=O)N[C@@H](C)c1cccc2ccccc12. The lowest BCUT2D eigenvalue weighted by Gasteiger charge is -2.22. The highest BCUT2D eigenvalue weighted by Gasteiger charge is 2.18. The third-order valence-corrected chi connectivity index (χ3v) is 5.25. The Kier molecular flexibility index (Phi) is 6.03. The van der Waals surface area contributed by atoms with Crippen LogP contribution in [0.4, 0.5) is 10.5 Å². The number of urea groups is 1. The number of carbonyl (C=O) groups excluding carboxylic acids is 1. The topological polar surface area (TPSA) is 41.1 Å². The van der Waals surface area contributed by atoms with Crippen LogP contribution in [-0.2, 0) is 0 Å². The molecule has 3 aromatic carbocycles. The van der Waals surface area contributed by atoms with Crippen LogP contribution in [0.1, 0.15) is 69.2 Å². The van der Waals surface area contributed by atoms with Crippen LogP contribution in [0.2, 0.25) is 0 Å². The molecule has 0 radical (unpaired) electrons. The van der Waals surface area contributed by atoms with Gasteiger partial charge in [-0.05, 0) is 46.2 Å². The van der Waals surface area contributed by atoms with E-state index in [1.54, 1.807) is 0 Å². The maximum atomic E-state index is 12.9. The van der Waals surface area contributed by atoms with Gasteiger partial charge in [-0.2, -0.15) is 0 Å². The van der Waals surface area contributed by atoms with Crippen molar-refractivity contribution in [1.29, 1.82) is 0 Å². The van der Waals surface area contributed by atoms with E-state index in [1.807, 2.05) is 25.1 Å². The normalized spacial score (nSPS) is 12.4. The molecule has 0 aromatic heterocycles. The molecule has 1 atom stereocenters. The van der Waals surface area contributed by atoms with E-state index in [2.05, 4.69) is 80.8 Å². The van der Waals surface area contributed by atoms with Crippen LogP contribution in [0.15, 0.2) is 60.7 Å². The van der Waals surface area contributed by atoms with Crippen LogP contribution in [-0.4, -0.2) is 6.03 Å². The molecule has 3 rings (SSSR count). The molecule has 146 valence electrons. The molecule has 0 saturated heterocycles. The fourth-order valence-corrected chi connectivity index (χ4v) is 3.75. The minimum absolute atomic E-state index is 0.0974. The minimum Gasteiger partial charge on any atom is -0.331 e. The van der Waals surface area contributed by atoms with Crippen LogP contribution >= 0.6 is 0 Å². The fraction of sp³-hybridized carbons (Fsp3) is 0.320. The van der Waals surface area contributed by atoms with Crippen molar-refractivity contribution >= 4 is 22.5 Å². The molecule has 3 heteroatoms. The Hall–Kier alpha value is -2.81. The molecule has 0 heterocycles. The highest BCUT2D eigenvalue weighted by Crippen LogP contribution is 2.32. The molecule has 0 aliphatic heterocycles. The molecular weight excluding hydrogens is 344 g/mol. The maximum absolute atomic E-state index is 12.9. The van der Waals surface area contributed by atoms with Gasteiger partial charge in [0.05, 0.1) is 6.04 Å². The summed E-state index contributed by atoms with van der Waals surface area (Å²) in [6, 6.07) is 20.5. The van der Waals surface area contributed by atoms with Crippen LogP contribution in [0.3, 0.4) is 0 Å². The van der Waals surface area contributed by atoms with E-state index in [-0.39, 0.29) is 12.1 Å². The number of benzene rings is 3. The first-order chi connectivity index (χ1) is 13.4.